The fraction of sp³-hybridized carbons (Fsp3) is 0.233. The third-order valence-electron chi connectivity index (χ3n) is 6.77. The minimum atomic E-state index is -0.901. The molecule has 0 bridgehead atoms. The number of furan rings is 1. The van der Waals surface area contributed by atoms with Gasteiger partial charge < -0.3 is 18.6 Å². The van der Waals surface area contributed by atoms with E-state index in [1.165, 1.54) is 18.8 Å². The van der Waals surface area contributed by atoms with Crippen molar-refractivity contribution in [1.82, 2.24) is 4.57 Å². The van der Waals surface area contributed by atoms with Crippen molar-refractivity contribution < 1.29 is 33.6 Å². The van der Waals surface area contributed by atoms with Gasteiger partial charge in [0.2, 0.25) is 0 Å². The number of aromatic nitrogens is 1. The fourth-order valence-electron chi connectivity index (χ4n) is 4.85. The van der Waals surface area contributed by atoms with E-state index in [1.54, 1.807) is 75.4 Å². The van der Waals surface area contributed by atoms with E-state index in [9.17, 15) is 19.7 Å². The lowest BCUT2D eigenvalue weighted by Gasteiger charge is -2.26. The first kappa shape index (κ1) is 28.6. The highest BCUT2D eigenvalue weighted by molar-refractivity contribution is 7.07. The number of hydrogen-bond donors (Lipinski definition) is 1. The van der Waals surface area contributed by atoms with Gasteiger partial charge in [0, 0.05) is 17.7 Å². The number of allylic oxidation sites excluding steroid dienone is 1. The Labute approximate surface area is 243 Å². The number of aryl methyl sites for hydroxylation is 1. The van der Waals surface area contributed by atoms with Crippen molar-refractivity contribution in [3.05, 3.63) is 101 Å². The van der Waals surface area contributed by atoms with Crippen molar-refractivity contribution in [1.29, 1.82) is 0 Å². The molecule has 0 radical (unpaired) electrons. The number of carbonyl (C=O) groups is 1. The van der Waals surface area contributed by atoms with Gasteiger partial charge in [0.15, 0.2) is 4.80 Å². The number of thiazole rings is 1. The van der Waals surface area contributed by atoms with E-state index in [1.807, 2.05) is 0 Å². The molecule has 1 aliphatic heterocycles. The molecule has 0 fully saturated rings. The van der Waals surface area contributed by atoms with Crippen LogP contribution in [-0.4, -0.2) is 41.5 Å². The molecule has 3 heterocycles. The molecule has 4 aromatic rings. The summed E-state index contributed by atoms with van der Waals surface area (Å²) in [6.07, 6.45) is 1.57. The summed E-state index contributed by atoms with van der Waals surface area (Å²) in [5.41, 5.74) is 1.95. The highest BCUT2D eigenvalue weighted by Crippen LogP contribution is 2.38. The van der Waals surface area contributed by atoms with Crippen LogP contribution < -0.4 is 24.4 Å². The summed E-state index contributed by atoms with van der Waals surface area (Å²) in [6, 6.07) is 12.6. The zero-order valence-corrected chi connectivity index (χ0v) is 24.4. The van der Waals surface area contributed by atoms with Crippen molar-refractivity contribution in [3.63, 3.8) is 0 Å². The molecule has 0 amide bonds. The third kappa shape index (κ3) is 5.12. The topological polar surface area (TPSA) is 133 Å². The number of methoxy groups -OCH3 is 2. The molecule has 11 nitrogen and oxygen atoms in total. The van der Waals surface area contributed by atoms with Gasteiger partial charge in [0.1, 0.15) is 29.1 Å². The van der Waals surface area contributed by atoms with Crippen LogP contribution in [0.25, 0.3) is 17.4 Å². The van der Waals surface area contributed by atoms with E-state index < -0.39 is 17.6 Å². The minimum Gasteiger partial charge on any atom is -0.497 e. The second-order valence-electron chi connectivity index (χ2n) is 9.41. The van der Waals surface area contributed by atoms with Crippen molar-refractivity contribution in [3.8, 4) is 22.8 Å². The molecule has 1 N–H and O–H groups in total. The normalized spacial score (nSPS) is 14.8. The second kappa shape index (κ2) is 11.5. The number of carbonyl (C=O) groups excluding carboxylic acids is 1. The summed E-state index contributed by atoms with van der Waals surface area (Å²) >= 11 is 1.14. The van der Waals surface area contributed by atoms with Crippen molar-refractivity contribution in [2.24, 2.45) is 4.99 Å². The van der Waals surface area contributed by atoms with Gasteiger partial charge in [-0.05, 0) is 62.7 Å². The smallest absolute Gasteiger partial charge is 0.338 e. The molecule has 1 aliphatic rings. The molecule has 216 valence electrons. The predicted octanol–water partition coefficient (Wildman–Crippen LogP) is 4.18. The summed E-state index contributed by atoms with van der Waals surface area (Å²) in [5, 5.41) is 9.59. The molecule has 2 aromatic heterocycles. The van der Waals surface area contributed by atoms with Crippen LogP contribution in [0, 0.1) is 11.8 Å². The number of esters is 1. The molecule has 42 heavy (non-hydrogen) atoms. The Bertz CT molecular complexity index is 1930. The number of fused-ring (bicyclic) bond motifs is 1. The van der Waals surface area contributed by atoms with E-state index in [4.69, 9.17) is 18.6 Å². The molecular weight excluding hydrogens is 562 g/mol. The molecule has 1 unspecified atom stereocenters. The number of benzene rings is 2. The molecule has 0 saturated carbocycles. The first-order chi connectivity index (χ1) is 20.2. The summed E-state index contributed by atoms with van der Waals surface area (Å²) in [6.45, 7) is 5.34. The van der Waals surface area contributed by atoms with Gasteiger partial charge in [0.05, 0.1) is 47.1 Å². The van der Waals surface area contributed by atoms with Crippen molar-refractivity contribution in [2.75, 3.05) is 20.8 Å². The highest BCUT2D eigenvalue weighted by atomic mass is 32.1. The Morgan fingerprint density at radius 2 is 1.93 bits per heavy atom. The molecular formula is C30H28N3O8S+. The third-order valence-corrected chi connectivity index (χ3v) is 7.76. The SMILES string of the molecule is CCOC(=O)C1=C(C)N=c2s/c(=C\c3ccc(-c4ccc(C)cc4[N+](=O)O)o3)c(=O)n2C1c1cc(OC)ccc1OC. The van der Waals surface area contributed by atoms with Crippen LogP contribution in [0.4, 0.5) is 5.69 Å². The van der Waals surface area contributed by atoms with Crippen molar-refractivity contribution >= 4 is 29.1 Å². The zero-order chi connectivity index (χ0) is 30.1. The molecule has 0 aliphatic carbocycles. The van der Waals surface area contributed by atoms with Crippen LogP contribution >= 0.6 is 11.3 Å². The zero-order valence-electron chi connectivity index (χ0n) is 23.5. The van der Waals surface area contributed by atoms with Crippen LogP contribution in [0.2, 0.25) is 0 Å². The van der Waals surface area contributed by atoms with Crippen molar-refractivity contribution in [2.45, 2.75) is 26.8 Å². The van der Waals surface area contributed by atoms with Crippen LogP contribution in [0.5, 0.6) is 11.5 Å². The maximum absolute atomic E-state index is 14.0. The van der Waals surface area contributed by atoms with E-state index in [2.05, 4.69) is 4.99 Å². The molecule has 1 atom stereocenters. The van der Waals surface area contributed by atoms with Gasteiger partial charge in [-0.1, -0.05) is 17.4 Å². The first-order valence-corrected chi connectivity index (χ1v) is 13.8. The average Bonchev–Trinajstić information content (AvgIpc) is 3.55. The number of hydrogen-bond acceptors (Lipinski definition) is 9. The molecule has 12 heteroatoms. The number of nitrogens with zero attached hydrogens (tertiary/aromatic N) is 3. The largest absolute Gasteiger partial charge is 0.497 e. The second-order valence-corrected chi connectivity index (χ2v) is 10.4. The molecule has 0 spiro atoms. The lowest BCUT2D eigenvalue weighted by Crippen LogP contribution is -2.40. The van der Waals surface area contributed by atoms with Gasteiger partial charge in [-0.3, -0.25) is 9.36 Å². The Morgan fingerprint density at radius 3 is 2.62 bits per heavy atom. The Hall–Kier alpha value is -4.97. The van der Waals surface area contributed by atoms with Crippen LogP contribution in [-0.2, 0) is 9.53 Å². The molecule has 5 rings (SSSR count). The van der Waals surface area contributed by atoms with Gasteiger partial charge >= 0.3 is 11.7 Å². The standard InChI is InChI=1S/C30H28N3O8S/c1-6-40-29(35)26-17(3)31-30-32(27(26)21-14-18(38-4)8-11-23(21)39-5)28(34)25(42-30)15-19-9-12-24(41-19)20-10-7-16(2)13-22(20)33(36)37/h7-15,27H,6H2,1-5H3,(H,36,37)/q+1/b25-15-. The van der Waals surface area contributed by atoms with Gasteiger partial charge in [-0.15, -0.1) is 0 Å². The summed E-state index contributed by atoms with van der Waals surface area (Å²) in [5.74, 6) is 1.05. The van der Waals surface area contributed by atoms with Gasteiger partial charge in [-0.25, -0.2) is 15.0 Å². The van der Waals surface area contributed by atoms with Gasteiger partial charge in [0.25, 0.3) is 10.5 Å². The predicted molar refractivity (Wildman–Crippen MR) is 154 cm³/mol. The van der Waals surface area contributed by atoms with E-state index in [0.29, 0.717) is 49.2 Å². The maximum Gasteiger partial charge on any atom is 0.338 e. The molecule has 2 aromatic carbocycles. The van der Waals surface area contributed by atoms with E-state index in [0.717, 1.165) is 16.9 Å². The van der Waals surface area contributed by atoms with Gasteiger partial charge in [-0.2, -0.15) is 0 Å². The maximum atomic E-state index is 14.0. The van der Waals surface area contributed by atoms with Crippen LogP contribution in [0.1, 0.15) is 36.8 Å². The lowest BCUT2D eigenvalue weighted by molar-refractivity contribution is -0.729. The summed E-state index contributed by atoms with van der Waals surface area (Å²) in [4.78, 5) is 43.7. The number of ether oxygens (including phenoxy) is 3. The Kier molecular flexibility index (Phi) is 7.81. The van der Waals surface area contributed by atoms with E-state index >= 15 is 0 Å². The fourth-order valence-corrected chi connectivity index (χ4v) is 5.88. The quantitative estimate of drug-likeness (QED) is 0.239. The molecule has 0 saturated heterocycles. The highest BCUT2D eigenvalue weighted by Gasteiger charge is 2.35. The summed E-state index contributed by atoms with van der Waals surface area (Å²) in [7, 11) is 3.03. The van der Waals surface area contributed by atoms with Crippen LogP contribution in [0.3, 0.4) is 0 Å². The summed E-state index contributed by atoms with van der Waals surface area (Å²) < 4.78 is 24.1. The monoisotopic (exact) mass is 590 g/mol. The average molecular weight is 591 g/mol. The van der Waals surface area contributed by atoms with Crippen LogP contribution in [0.15, 0.2) is 74.0 Å². The lowest BCUT2D eigenvalue weighted by atomic mass is 9.95. The first-order valence-electron chi connectivity index (χ1n) is 12.9. The number of rotatable bonds is 8. The minimum absolute atomic E-state index is 0.0319. The Balaban J connectivity index is 1.68. The Morgan fingerprint density at radius 1 is 1.14 bits per heavy atom. The van der Waals surface area contributed by atoms with E-state index in [-0.39, 0.29) is 22.8 Å².